The summed E-state index contributed by atoms with van der Waals surface area (Å²) in [5, 5.41) is 4.42. The molecule has 0 bridgehead atoms. The predicted octanol–water partition coefficient (Wildman–Crippen LogP) is 5.45. The van der Waals surface area contributed by atoms with Crippen LogP contribution in [0.2, 0.25) is 10.0 Å². The molecule has 0 aliphatic carbocycles. The summed E-state index contributed by atoms with van der Waals surface area (Å²) in [6.45, 7) is 2.08. The van der Waals surface area contributed by atoms with Crippen LogP contribution in [-0.4, -0.2) is 11.1 Å². The number of halogens is 2. The van der Waals surface area contributed by atoms with Gasteiger partial charge < -0.3 is 5.32 Å². The number of nitrogens with one attached hydrogen (secondary N) is 1. The summed E-state index contributed by atoms with van der Waals surface area (Å²) >= 11 is 13.4. The largest absolute Gasteiger partial charge is 0.300 e. The van der Waals surface area contributed by atoms with Crippen molar-refractivity contribution in [2.45, 2.75) is 13.3 Å². The maximum Gasteiger partial charge on any atom is 0.264 e. The number of carbonyl (C=O) groups is 1. The lowest BCUT2D eigenvalue weighted by molar-refractivity contribution is -0.115. The fourth-order valence-electron chi connectivity index (χ4n) is 2.27. The summed E-state index contributed by atoms with van der Waals surface area (Å²) in [6.07, 6.45) is 2.63. The molecule has 2 aromatic carbocycles. The monoisotopic (exact) mass is 376 g/mol. The van der Waals surface area contributed by atoms with Crippen molar-refractivity contribution in [1.82, 2.24) is 5.32 Å². The number of benzene rings is 2. The van der Waals surface area contributed by atoms with Crippen LogP contribution in [0.25, 0.3) is 6.08 Å². The topological polar surface area (TPSA) is 41.5 Å². The summed E-state index contributed by atoms with van der Waals surface area (Å²) in [4.78, 5) is 17.3. The van der Waals surface area contributed by atoms with E-state index in [2.05, 4.69) is 17.2 Å². The molecule has 3 rings (SSSR count). The normalized spacial score (nSPS) is 17.5. The molecule has 3 nitrogen and oxygen atoms in total. The van der Waals surface area contributed by atoms with Crippen molar-refractivity contribution in [2.24, 2.45) is 4.99 Å². The van der Waals surface area contributed by atoms with Crippen LogP contribution in [-0.2, 0) is 11.2 Å². The van der Waals surface area contributed by atoms with Crippen molar-refractivity contribution < 1.29 is 4.79 Å². The number of nitrogens with zero attached hydrogens (tertiary/aromatic N) is 1. The Hall–Kier alpha value is -1.75. The zero-order valence-corrected chi connectivity index (χ0v) is 15.2. The Morgan fingerprint density at radius 1 is 1.21 bits per heavy atom. The molecule has 0 radical (unpaired) electrons. The van der Waals surface area contributed by atoms with Gasteiger partial charge in [-0.2, -0.15) is 0 Å². The van der Waals surface area contributed by atoms with Crippen LogP contribution in [0.5, 0.6) is 0 Å². The zero-order chi connectivity index (χ0) is 17.1. The highest BCUT2D eigenvalue weighted by Gasteiger charge is 2.24. The van der Waals surface area contributed by atoms with E-state index in [0.29, 0.717) is 20.1 Å². The van der Waals surface area contributed by atoms with Crippen LogP contribution in [0.15, 0.2) is 52.4 Å². The summed E-state index contributed by atoms with van der Waals surface area (Å²) in [6, 6.07) is 13.1. The third kappa shape index (κ3) is 3.83. The van der Waals surface area contributed by atoms with Gasteiger partial charge in [-0.1, -0.05) is 54.4 Å². The summed E-state index contributed by atoms with van der Waals surface area (Å²) in [7, 11) is 0. The molecule has 0 saturated carbocycles. The number of aryl methyl sites for hydroxylation is 1. The number of para-hydroxylation sites is 1. The van der Waals surface area contributed by atoms with Crippen LogP contribution < -0.4 is 5.32 Å². The summed E-state index contributed by atoms with van der Waals surface area (Å²) in [5.41, 5.74) is 2.75. The van der Waals surface area contributed by atoms with Gasteiger partial charge in [0.05, 0.1) is 10.6 Å². The highest BCUT2D eigenvalue weighted by atomic mass is 35.5. The van der Waals surface area contributed by atoms with Gasteiger partial charge in [-0.15, -0.1) is 0 Å². The number of amidine groups is 1. The van der Waals surface area contributed by atoms with Crippen LogP contribution in [0.1, 0.15) is 18.1 Å². The second-order valence-corrected chi connectivity index (χ2v) is 7.00. The SMILES string of the molecule is CCc1ccccc1N=C1NC(=O)C(=Cc2ccc(Cl)cc2Cl)S1. The number of hydrogen-bond acceptors (Lipinski definition) is 3. The van der Waals surface area contributed by atoms with E-state index in [1.807, 2.05) is 24.3 Å². The second-order valence-electron chi connectivity index (χ2n) is 5.13. The molecule has 1 fully saturated rings. The second kappa shape index (κ2) is 7.43. The lowest BCUT2D eigenvalue weighted by atomic mass is 10.1. The molecule has 122 valence electrons. The molecule has 1 saturated heterocycles. The van der Waals surface area contributed by atoms with Crippen LogP contribution in [0, 0.1) is 0 Å². The van der Waals surface area contributed by atoms with Crippen LogP contribution in [0.3, 0.4) is 0 Å². The zero-order valence-electron chi connectivity index (χ0n) is 12.8. The molecular weight excluding hydrogens is 363 g/mol. The Morgan fingerprint density at radius 2 is 2.00 bits per heavy atom. The highest BCUT2D eigenvalue weighted by molar-refractivity contribution is 8.18. The fraction of sp³-hybridized carbons (Fsp3) is 0.111. The quantitative estimate of drug-likeness (QED) is 0.723. The number of amides is 1. The van der Waals surface area contributed by atoms with E-state index in [0.717, 1.165) is 23.2 Å². The van der Waals surface area contributed by atoms with Gasteiger partial charge in [0.15, 0.2) is 5.17 Å². The maximum atomic E-state index is 12.2. The van der Waals surface area contributed by atoms with Gasteiger partial charge in [0.2, 0.25) is 0 Å². The summed E-state index contributed by atoms with van der Waals surface area (Å²) in [5.74, 6) is -0.182. The lowest BCUT2D eigenvalue weighted by Crippen LogP contribution is -2.19. The first-order chi connectivity index (χ1) is 11.6. The first kappa shape index (κ1) is 17.1. The van der Waals surface area contributed by atoms with E-state index < -0.39 is 0 Å². The van der Waals surface area contributed by atoms with Crippen molar-refractivity contribution in [2.75, 3.05) is 0 Å². The van der Waals surface area contributed by atoms with Gasteiger partial charge in [0.1, 0.15) is 0 Å². The first-order valence-corrected chi connectivity index (χ1v) is 8.96. The predicted molar refractivity (Wildman–Crippen MR) is 103 cm³/mol. The highest BCUT2D eigenvalue weighted by Crippen LogP contribution is 2.31. The number of thioether (sulfide) groups is 1. The minimum absolute atomic E-state index is 0.182. The number of aliphatic imine (C=N–C) groups is 1. The smallest absolute Gasteiger partial charge is 0.264 e. The Balaban J connectivity index is 1.88. The van der Waals surface area contributed by atoms with E-state index >= 15 is 0 Å². The number of hydrogen-bond donors (Lipinski definition) is 1. The first-order valence-electron chi connectivity index (χ1n) is 7.39. The molecule has 6 heteroatoms. The molecule has 1 heterocycles. The van der Waals surface area contributed by atoms with E-state index in [1.165, 1.54) is 11.8 Å². The van der Waals surface area contributed by atoms with Gasteiger partial charge >= 0.3 is 0 Å². The molecule has 1 N–H and O–H groups in total. The Kier molecular flexibility index (Phi) is 5.29. The van der Waals surface area contributed by atoms with Crippen LogP contribution in [0.4, 0.5) is 5.69 Å². The van der Waals surface area contributed by atoms with Crippen molar-refractivity contribution in [1.29, 1.82) is 0 Å². The van der Waals surface area contributed by atoms with Crippen molar-refractivity contribution >= 4 is 57.8 Å². The molecule has 0 spiro atoms. The molecule has 1 aliphatic heterocycles. The van der Waals surface area contributed by atoms with Gasteiger partial charge in [-0.05, 0) is 53.6 Å². The number of rotatable bonds is 3. The average Bonchev–Trinajstić information content (AvgIpc) is 2.90. The molecule has 1 amide bonds. The van der Waals surface area contributed by atoms with Gasteiger partial charge in [0, 0.05) is 10.0 Å². The molecule has 0 unspecified atom stereocenters. The molecular formula is C18H14Cl2N2OS. The van der Waals surface area contributed by atoms with Crippen LogP contribution >= 0.6 is 35.0 Å². The molecule has 1 aliphatic rings. The molecule has 0 atom stereocenters. The molecule has 24 heavy (non-hydrogen) atoms. The van der Waals surface area contributed by atoms with Gasteiger partial charge in [0.25, 0.3) is 5.91 Å². The lowest BCUT2D eigenvalue weighted by Gasteiger charge is -2.02. The van der Waals surface area contributed by atoms with E-state index in [4.69, 9.17) is 23.2 Å². The van der Waals surface area contributed by atoms with E-state index in [9.17, 15) is 4.79 Å². The standard InChI is InChI=1S/C18H14Cl2N2OS/c1-2-11-5-3-4-6-15(11)21-18-22-17(23)16(24-18)9-12-7-8-13(19)10-14(12)20/h3-10H,2H2,1H3,(H,21,22,23). The molecule has 2 aromatic rings. The number of carbonyl (C=O) groups excluding carboxylic acids is 1. The Morgan fingerprint density at radius 3 is 2.75 bits per heavy atom. The van der Waals surface area contributed by atoms with E-state index in [1.54, 1.807) is 24.3 Å². The Bertz CT molecular complexity index is 862. The fourth-order valence-corrected chi connectivity index (χ4v) is 3.56. The molecule has 0 aromatic heterocycles. The summed E-state index contributed by atoms with van der Waals surface area (Å²) < 4.78 is 0. The maximum absolute atomic E-state index is 12.2. The third-order valence-electron chi connectivity index (χ3n) is 3.49. The minimum atomic E-state index is -0.182. The van der Waals surface area contributed by atoms with E-state index in [-0.39, 0.29) is 5.91 Å². The van der Waals surface area contributed by atoms with Crippen molar-refractivity contribution in [3.05, 3.63) is 68.5 Å². The Labute approximate surface area is 154 Å². The third-order valence-corrected chi connectivity index (χ3v) is 4.97. The van der Waals surface area contributed by atoms with Crippen molar-refractivity contribution in [3.63, 3.8) is 0 Å². The van der Waals surface area contributed by atoms with Gasteiger partial charge in [-0.3, -0.25) is 4.79 Å². The van der Waals surface area contributed by atoms with Crippen molar-refractivity contribution in [3.8, 4) is 0 Å². The average molecular weight is 377 g/mol. The minimum Gasteiger partial charge on any atom is -0.300 e. The van der Waals surface area contributed by atoms with Gasteiger partial charge in [-0.25, -0.2) is 4.99 Å².